The monoisotopic (exact) mass is 311 g/mol. The number of rotatable bonds is 5. The fraction of sp³-hybridized carbons (Fsp3) is 0.333. The van der Waals surface area contributed by atoms with Crippen LogP contribution in [-0.4, -0.2) is 22.2 Å². The second-order valence-electron chi connectivity index (χ2n) is 5.88. The number of amides is 1. The van der Waals surface area contributed by atoms with Gasteiger partial charge in [-0.25, -0.2) is 0 Å². The van der Waals surface area contributed by atoms with Crippen molar-refractivity contribution < 1.29 is 9.32 Å². The zero-order valence-electron chi connectivity index (χ0n) is 13.7. The molecular weight excluding hydrogens is 290 g/mol. The number of nitrogens with one attached hydrogen (secondary N) is 1. The van der Waals surface area contributed by atoms with E-state index >= 15 is 0 Å². The van der Waals surface area contributed by atoms with Gasteiger partial charge in [0.15, 0.2) is 0 Å². The molecule has 0 saturated heterocycles. The highest BCUT2D eigenvalue weighted by Gasteiger charge is 2.16. The Balaban J connectivity index is 1.56. The predicted molar refractivity (Wildman–Crippen MR) is 89.6 cm³/mol. The number of carbonyl (C=O) groups excluding carboxylic acids is 1. The summed E-state index contributed by atoms with van der Waals surface area (Å²) >= 11 is 0. The van der Waals surface area contributed by atoms with E-state index in [1.165, 1.54) is 16.5 Å². The molecular formula is C18H21N3O2. The molecule has 2 aromatic heterocycles. The number of aryl methyl sites for hydroxylation is 4. The maximum absolute atomic E-state index is 12.1. The van der Waals surface area contributed by atoms with Crippen molar-refractivity contribution in [3.8, 4) is 0 Å². The molecule has 23 heavy (non-hydrogen) atoms. The molecule has 0 radical (unpaired) electrons. The van der Waals surface area contributed by atoms with Crippen molar-refractivity contribution in [1.82, 2.24) is 15.0 Å². The van der Waals surface area contributed by atoms with E-state index in [0.717, 1.165) is 13.0 Å². The van der Waals surface area contributed by atoms with Crippen LogP contribution in [0.1, 0.15) is 33.8 Å². The van der Waals surface area contributed by atoms with Crippen molar-refractivity contribution in [3.05, 3.63) is 53.0 Å². The molecule has 2 heterocycles. The van der Waals surface area contributed by atoms with E-state index < -0.39 is 0 Å². The summed E-state index contributed by atoms with van der Waals surface area (Å²) in [6, 6.07) is 8.58. The molecule has 120 valence electrons. The van der Waals surface area contributed by atoms with Gasteiger partial charge in [-0.15, -0.1) is 0 Å². The Morgan fingerprint density at radius 3 is 2.83 bits per heavy atom. The SMILES string of the molecule is Cc1ccc2c(ccn2CCCNC(=O)c2c(C)noc2C)c1. The molecule has 0 bridgehead atoms. The highest BCUT2D eigenvalue weighted by atomic mass is 16.5. The standard InChI is InChI=1S/C18H21N3O2/c1-12-5-6-16-15(11-12)7-10-21(16)9-4-8-19-18(22)17-13(2)20-23-14(17)3/h5-7,10-11H,4,8-9H2,1-3H3,(H,19,22). The highest BCUT2D eigenvalue weighted by molar-refractivity contribution is 5.96. The van der Waals surface area contributed by atoms with Crippen LogP contribution in [0, 0.1) is 20.8 Å². The highest BCUT2D eigenvalue weighted by Crippen LogP contribution is 2.17. The van der Waals surface area contributed by atoms with Crippen LogP contribution >= 0.6 is 0 Å². The van der Waals surface area contributed by atoms with Crippen LogP contribution in [0.3, 0.4) is 0 Å². The number of benzene rings is 1. The normalized spacial score (nSPS) is 11.1. The van der Waals surface area contributed by atoms with Crippen LogP contribution < -0.4 is 5.32 Å². The van der Waals surface area contributed by atoms with Crippen molar-refractivity contribution in [2.75, 3.05) is 6.54 Å². The molecule has 1 aromatic carbocycles. The van der Waals surface area contributed by atoms with Crippen LogP contribution in [0.15, 0.2) is 35.0 Å². The molecule has 0 saturated carbocycles. The Labute approximate surface area is 135 Å². The molecule has 3 rings (SSSR count). The number of aromatic nitrogens is 2. The zero-order valence-corrected chi connectivity index (χ0v) is 13.7. The minimum atomic E-state index is -0.116. The third-order valence-corrected chi connectivity index (χ3v) is 4.05. The van der Waals surface area contributed by atoms with Gasteiger partial charge in [0.2, 0.25) is 0 Å². The Kier molecular flexibility index (Phi) is 4.19. The van der Waals surface area contributed by atoms with Crippen molar-refractivity contribution in [3.63, 3.8) is 0 Å². The average molecular weight is 311 g/mol. The quantitative estimate of drug-likeness (QED) is 0.735. The first-order chi connectivity index (χ1) is 11.1. The van der Waals surface area contributed by atoms with Gasteiger partial charge < -0.3 is 14.4 Å². The van der Waals surface area contributed by atoms with Gasteiger partial charge in [-0.1, -0.05) is 16.8 Å². The Hall–Kier alpha value is -2.56. The van der Waals surface area contributed by atoms with E-state index in [0.29, 0.717) is 23.6 Å². The second-order valence-corrected chi connectivity index (χ2v) is 5.88. The Morgan fingerprint density at radius 2 is 2.09 bits per heavy atom. The molecule has 0 fully saturated rings. The van der Waals surface area contributed by atoms with Crippen LogP contribution in [0.4, 0.5) is 0 Å². The minimum absolute atomic E-state index is 0.116. The first-order valence-electron chi connectivity index (χ1n) is 7.83. The van der Waals surface area contributed by atoms with Crippen molar-refractivity contribution in [2.45, 2.75) is 33.7 Å². The fourth-order valence-electron chi connectivity index (χ4n) is 2.86. The van der Waals surface area contributed by atoms with Gasteiger partial charge in [-0.2, -0.15) is 0 Å². The van der Waals surface area contributed by atoms with Crippen LogP contribution in [0.25, 0.3) is 10.9 Å². The summed E-state index contributed by atoms with van der Waals surface area (Å²) in [4.78, 5) is 12.1. The summed E-state index contributed by atoms with van der Waals surface area (Å²) in [5.41, 5.74) is 3.67. The molecule has 0 unspecified atom stereocenters. The third kappa shape index (κ3) is 3.13. The summed E-state index contributed by atoms with van der Waals surface area (Å²) in [6.45, 7) is 7.12. The molecule has 0 aliphatic carbocycles. The molecule has 0 spiro atoms. The molecule has 0 aliphatic heterocycles. The Bertz CT molecular complexity index is 826. The summed E-state index contributed by atoms with van der Waals surface area (Å²) in [5, 5.41) is 8.00. The van der Waals surface area contributed by atoms with Crippen LogP contribution in [0.5, 0.6) is 0 Å². The van der Waals surface area contributed by atoms with E-state index in [-0.39, 0.29) is 5.91 Å². The van der Waals surface area contributed by atoms with E-state index in [2.05, 4.69) is 52.4 Å². The molecule has 1 N–H and O–H groups in total. The third-order valence-electron chi connectivity index (χ3n) is 4.05. The lowest BCUT2D eigenvalue weighted by Gasteiger charge is -2.07. The van der Waals surface area contributed by atoms with Crippen LogP contribution in [0.2, 0.25) is 0 Å². The molecule has 0 aliphatic rings. The average Bonchev–Trinajstić information content (AvgIpc) is 3.06. The van der Waals surface area contributed by atoms with E-state index in [9.17, 15) is 4.79 Å². The fourth-order valence-corrected chi connectivity index (χ4v) is 2.86. The maximum Gasteiger partial charge on any atom is 0.256 e. The summed E-state index contributed by atoms with van der Waals surface area (Å²) in [6.07, 6.45) is 2.97. The van der Waals surface area contributed by atoms with Gasteiger partial charge in [-0.3, -0.25) is 4.79 Å². The lowest BCUT2D eigenvalue weighted by atomic mass is 10.2. The molecule has 5 heteroatoms. The van der Waals surface area contributed by atoms with E-state index in [1.54, 1.807) is 13.8 Å². The van der Waals surface area contributed by atoms with Gasteiger partial charge in [0.1, 0.15) is 11.3 Å². The number of hydrogen-bond acceptors (Lipinski definition) is 3. The minimum Gasteiger partial charge on any atom is -0.361 e. The number of hydrogen-bond donors (Lipinski definition) is 1. The lowest BCUT2D eigenvalue weighted by Crippen LogP contribution is -2.26. The second kappa shape index (κ2) is 6.28. The number of nitrogens with zero attached hydrogens (tertiary/aromatic N) is 2. The summed E-state index contributed by atoms with van der Waals surface area (Å²) in [7, 11) is 0. The molecule has 5 nitrogen and oxygen atoms in total. The van der Waals surface area contributed by atoms with Gasteiger partial charge in [0.25, 0.3) is 5.91 Å². The van der Waals surface area contributed by atoms with Gasteiger partial charge in [-0.05, 0) is 50.8 Å². The Morgan fingerprint density at radius 1 is 1.26 bits per heavy atom. The number of fused-ring (bicyclic) bond motifs is 1. The maximum atomic E-state index is 12.1. The lowest BCUT2D eigenvalue weighted by molar-refractivity contribution is 0.0950. The van der Waals surface area contributed by atoms with Gasteiger partial charge in [0.05, 0.1) is 5.69 Å². The first-order valence-corrected chi connectivity index (χ1v) is 7.83. The van der Waals surface area contributed by atoms with Gasteiger partial charge >= 0.3 is 0 Å². The smallest absolute Gasteiger partial charge is 0.256 e. The summed E-state index contributed by atoms with van der Waals surface area (Å²) < 4.78 is 7.24. The summed E-state index contributed by atoms with van der Waals surface area (Å²) in [5.74, 6) is 0.445. The molecule has 1 amide bonds. The zero-order chi connectivity index (χ0) is 16.4. The van der Waals surface area contributed by atoms with Crippen molar-refractivity contribution in [1.29, 1.82) is 0 Å². The van der Waals surface area contributed by atoms with E-state index in [4.69, 9.17) is 4.52 Å². The van der Waals surface area contributed by atoms with E-state index in [1.807, 2.05) is 0 Å². The molecule has 3 aromatic rings. The topological polar surface area (TPSA) is 60.1 Å². The number of carbonyl (C=O) groups is 1. The first kappa shape index (κ1) is 15.3. The van der Waals surface area contributed by atoms with Gasteiger partial charge in [0, 0.05) is 24.8 Å². The van der Waals surface area contributed by atoms with Crippen molar-refractivity contribution in [2.24, 2.45) is 0 Å². The predicted octanol–water partition coefficient (Wildman–Crippen LogP) is 3.37. The van der Waals surface area contributed by atoms with Crippen molar-refractivity contribution >= 4 is 16.8 Å². The van der Waals surface area contributed by atoms with Crippen LogP contribution in [-0.2, 0) is 6.54 Å². The largest absolute Gasteiger partial charge is 0.361 e. The molecule has 0 atom stereocenters.